The number of carbonyl (C=O) groups is 1. The Morgan fingerprint density at radius 3 is 1.28 bits per heavy atom. The van der Waals surface area contributed by atoms with Crippen molar-refractivity contribution < 1.29 is 19.4 Å². The lowest BCUT2D eigenvalue weighted by Gasteiger charge is -2.22. The van der Waals surface area contributed by atoms with Gasteiger partial charge in [-0.25, -0.2) is 0 Å². The maximum absolute atomic E-state index is 12.4. The molecule has 1 unspecified atom stereocenters. The third kappa shape index (κ3) is 40.1. The number of rotatable bonds is 39. The summed E-state index contributed by atoms with van der Waals surface area (Å²) >= 11 is 0. The first kappa shape index (κ1) is 51.5. The molecule has 0 saturated carbocycles. The van der Waals surface area contributed by atoms with Crippen molar-refractivity contribution in [1.29, 1.82) is 0 Å². The first-order chi connectivity index (χ1) is 24.5. The molecule has 0 spiro atoms. The lowest BCUT2D eigenvalue weighted by atomic mass is 9.95. The van der Waals surface area contributed by atoms with Crippen LogP contribution in [0.1, 0.15) is 227 Å². The van der Waals surface area contributed by atoms with Crippen LogP contribution in [0.15, 0.2) is 0 Å². The Morgan fingerprint density at radius 1 is 0.480 bits per heavy atom. The Morgan fingerprint density at radius 2 is 0.840 bits per heavy atom. The van der Waals surface area contributed by atoms with Gasteiger partial charge in [0.2, 0.25) is 0 Å². The van der Waals surface area contributed by atoms with Gasteiger partial charge in [-0.3, -0.25) is 4.79 Å². The quantitative estimate of drug-likeness (QED) is 0.0508. The maximum atomic E-state index is 12.4. The van der Waals surface area contributed by atoms with Crippen molar-refractivity contribution in [3.05, 3.63) is 0 Å². The summed E-state index contributed by atoms with van der Waals surface area (Å²) in [6, 6.07) is 0. The zero-order valence-electron chi connectivity index (χ0n) is 35.2. The fourth-order valence-electron chi connectivity index (χ4n) is 6.91. The van der Waals surface area contributed by atoms with Crippen LogP contribution in [0.2, 0.25) is 0 Å². The maximum Gasteiger partial charge on any atom is 0.305 e. The van der Waals surface area contributed by atoms with Gasteiger partial charge in [0.1, 0.15) is 0 Å². The van der Waals surface area contributed by atoms with E-state index in [1.54, 1.807) is 0 Å². The summed E-state index contributed by atoms with van der Waals surface area (Å²) in [5.41, 5.74) is 0. The van der Waals surface area contributed by atoms with Crippen LogP contribution in [0.25, 0.3) is 0 Å². The summed E-state index contributed by atoms with van der Waals surface area (Å²) in [6.07, 6.45) is 37.7. The summed E-state index contributed by atoms with van der Waals surface area (Å²) in [4.78, 5) is 14.9. The van der Waals surface area contributed by atoms with E-state index < -0.39 is 0 Å². The molecular formula is C45H93NO4. The van der Waals surface area contributed by atoms with E-state index >= 15 is 0 Å². The molecular weight excluding hydrogens is 618 g/mol. The van der Waals surface area contributed by atoms with Crippen LogP contribution < -0.4 is 0 Å². The monoisotopic (exact) mass is 712 g/mol. The largest absolute Gasteiger partial charge is 0.465 e. The molecule has 1 N–H and O–H groups in total. The Hall–Kier alpha value is -0.650. The second-order valence-electron chi connectivity index (χ2n) is 15.4. The fraction of sp³-hybridized carbons (Fsp3) is 0.978. The van der Waals surface area contributed by atoms with Crippen LogP contribution in [-0.4, -0.2) is 62.5 Å². The lowest BCUT2D eigenvalue weighted by molar-refractivity contribution is -0.145. The first-order valence-corrected chi connectivity index (χ1v) is 22.5. The van der Waals surface area contributed by atoms with Crippen LogP contribution in [0, 0.1) is 11.8 Å². The molecule has 0 aliphatic carbocycles. The van der Waals surface area contributed by atoms with E-state index in [2.05, 4.69) is 39.5 Å². The van der Waals surface area contributed by atoms with Crippen molar-refractivity contribution in [2.24, 2.45) is 11.8 Å². The van der Waals surface area contributed by atoms with Crippen molar-refractivity contribution in [3.63, 3.8) is 0 Å². The molecule has 302 valence electrons. The van der Waals surface area contributed by atoms with Crippen molar-refractivity contribution in [1.82, 2.24) is 4.90 Å². The predicted molar refractivity (Wildman–Crippen MR) is 220 cm³/mol. The Balaban J connectivity index is 0. The summed E-state index contributed by atoms with van der Waals surface area (Å²) in [7, 11) is 1.84. The average Bonchev–Trinajstić information content (AvgIpc) is 3.12. The topological polar surface area (TPSA) is 59.0 Å². The zero-order valence-corrected chi connectivity index (χ0v) is 35.2. The molecule has 0 heterocycles. The zero-order chi connectivity index (χ0) is 37.2. The summed E-state index contributed by atoms with van der Waals surface area (Å²) in [5.74, 6) is 1.37. The van der Waals surface area contributed by atoms with Crippen molar-refractivity contribution in [3.8, 4) is 0 Å². The molecule has 0 amide bonds. The van der Waals surface area contributed by atoms with Gasteiger partial charge in [0.25, 0.3) is 0 Å². The molecule has 0 aromatic heterocycles. The lowest BCUT2D eigenvalue weighted by Crippen LogP contribution is -2.27. The first-order valence-electron chi connectivity index (χ1n) is 22.5. The van der Waals surface area contributed by atoms with Crippen LogP contribution >= 0.6 is 0 Å². The molecule has 0 aliphatic rings. The summed E-state index contributed by atoms with van der Waals surface area (Å²) < 4.78 is 11.1. The van der Waals surface area contributed by atoms with Crippen molar-refractivity contribution in [2.45, 2.75) is 227 Å². The molecule has 0 fully saturated rings. The normalized spacial score (nSPS) is 12.0. The number of esters is 1. The minimum atomic E-state index is -0.000632. The number of carbonyl (C=O) groups excluding carboxylic acids is 1. The van der Waals surface area contributed by atoms with Crippen LogP contribution in [0.5, 0.6) is 0 Å². The van der Waals surface area contributed by atoms with Gasteiger partial charge in [0.05, 0.1) is 6.61 Å². The highest BCUT2D eigenvalue weighted by atomic mass is 16.5. The molecule has 50 heavy (non-hydrogen) atoms. The molecule has 0 bridgehead atoms. The minimum Gasteiger partial charge on any atom is -0.465 e. The van der Waals surface area contributed by atoms with Crippen LogP contribution in [-0.2, 0) is 14.3 Å². The van der Waals surface area contributed by atoms with E-state index in [1.165, 1.54) is 161 Å². The molecule has 1 atom stereocenters. The molecule has 0 saturated heterocycles. The number of hydrogen-bond acceptors (Lipinski definition) is 5. The Kier molecular flexibility index (Phi) is 45.8. The molecule has 0 aromatic rings. The summed E-state index contributed by atoms with van der Waals surface area (Å²) in [5, 5.41) is 9.05. The highest BCUT2D eigenvalue weighted by Crippen LogP contribution is 2.21. The SMILES string of the molecule is CCCCCCC(CCCCCC)COC.CCCCCCCCC(CCCCCC)COC(=O)CCCCN(CCCCC)CCCCO. The number of aliphatic hydroxyl groups excluding tert-OH is 1. The highest BCUT2D eigenvalue weighted by molar-refractivity contribution is 5.69. The minimum absolute atomic E-state index is 0.000632. The van der Waals surface area contributed by atoms with Gasteiger partial charge in [0, 0.05) is 26.7 Å². The predicted octanol–water partition coefficient (Wildman–Crippen LogP) is 13.5. The van der Waals surface area contributed by atoms with Crippen molar-refractivity contribution >= 4 is 5.97 Å². The number of hydrogen-bond donors (Lipinski definition) is 1. The number of unbranched alkanes of at least 4 members (excludes halogenated alkanes) is 18. The van der Waals surface area contributed by atoms with Crippen molar-refractivity contribution in [2.75, 3.05) is 46.6 Å². The van der Waals surface area contributed by atoms with E-state index in [4.69, 9.17) is 14.6 Å². The second-order valence-corrected chi connectivity index (χ2v) is 15.4. The molecule has 0 radical (unpaired) electrons. The fourth-order valence-corrected chi connectivity index (χ4v) is 6.91. The summed E-state index contributed by atoms with van der Waals surface area (Å²) in [6.45, 7) is 16.5. The molecule has 0 rings (SSSR count). The Labute approximate surface area is 315 Å². The van der Waals surface area contributed by atoms with E-state index in [-0.39, 0.29) is 12.6 Å². The van der Waals surface area contributed by atoms with E-state index in [0.717, 1.165) is 57.8 Å². The smallest absolute Gasteiger partial charge is 0.305 e. The van der Waals surface area contributed by atoms with E-state index in [1.807, 2.05) is 7.11 Å². The molecule has 0 aliphatic heterocycles. The van der Waals surface area contributed by atoms with Gasteiger partial charge in [-0.2, -0.15) is 0 Å². The Bertz CT molecular complexity index is 608. The number of nitrogens with zero attached hydrogens (tertiary/aromatic N) is 1. The van der Waals surface area contributed by atoms with Gasteiger partial charge in [0.15, 0.2) is 0 Å². The number of ether oxygens (including phenoxy) is 2. The molecule has 0 aromatic carbocycles. The van der Waals surface area contributed by atoms with E-state index in [0.29, 0.717) is 18.9 Å². The average molecular weight is 712 g/mol. The van der Waals surface area contributed by atoms with E-state index in [9.17, 15) is 4.79 Å². The molecule has 5 heteroatoms. The number of methoxy groups -OCH3 is 1. The van der Waals surface area contributed by atoms with Crippen LogP contribution in [0.3, 0.4) is 0 Å². The van der Waals surface area contributed by atoms with Gasteiger partial charge in [-0.1, -0.05) is 163 Å². The van der Waals surface area contributed by atoms with Gasteiger partial charge >= 0.3 is 5.97 Å². The van der Waals surface area contributed by atoms with Crippen LogP contribution in [0.4, 0.5) is 0 Å². The third-order valence-electron chi connectivity index (χ3n) is 10.3. The third-order valence-corrected chi connectivity index (χ3v) is 10.3. The number of aliphatic hydroxyl groups is 1. The standard InChI is InChI=1S/C30H61NO3.C15H32O/c1-4-7-10-12-13-15-22-29(21-14-11-8-5-2)28-34-30(33)23-16-18-25-31(24-17-9-6-3)26-19-20-27-32;1-4-6-8-10-12-15(14-16-3)13-11-9-7-5-2/h29,32H,4-28H2,1-3H3;15H,4-14H2,1-3H3. The highest BCUT2D eigenvalue weighted by Gasteiger charge is 2.13. The van der Waals surface area contributed by atoms with Gasteiger partial charge in [-0.05, 0) is 89.3 Å². The molecule has 5 nitrogen and oxygen atoms in total. The van der Waals surface area contributed by atoms with Gasteiger partial charge in [-0.15, -0.1) is 0 Å². The second kappa shape index (κ2) is 44.5. The van der Waals surface area contributed by atoms with Gasteiger partial charge < -0.3 is 19.5 Å².